The molecule has 0 saturated heterocycles. The Balaban J connectivity index is 2.64. The van der Waals surface area contributed by atoms with Crippen LogP contribution in [0.4, 0.5) is 14.6 Å². The number of nitrogens with zero attached hydrogens (tertiary/aromatic N) is 2. The Kier molecular flexibility index (Phi) is 2.74. The fourth-order valence-corrected chi connectivity index (χ4v) is 1.52. The van der Waals surface area contributed by atoms with Crippen molar-refractivity contribution in [1.82, 2.24) is 9.78 Å². The average molecular weight is 253 g/mol. The number of benzene rings is 1. The first-order chi connectivity index (χ1) is 8.40. The number of aryl methyl sites for hydroxylation is 1. The highest BCUT2D eigenvalue weighted by molar-refractivity contribution is 5.89. The molecule has 0 atom stereocenters. The summed E-state index contributed by atoms with van der Waals surface area (Å²) in [4.78, 5) is 10.8. The number of aromatic carboxylic acids is 1. The van der Waals surface area contributed by atoms with E-state index in [0.29, 0.717) is 6.07 Å². The number of halogens is 2. The number of carboxylic acids is 1. The number of rotatable bonds is 2. The molecule has 0 radical (unpaired) electrons. The van der Waals surface area contributed by atoms with E-state index in [0.717, 1.165) is 6.07 Å². The SMILES string of the molecule is Cn1nc(-c2cc(C(=O)O)c(F)cc2F)cc1N. The van der Waals surface area contributed by atoms with Gasteiger partial charge in [0, 0.05) is 24.7 Å². The van der Waals surface area contributed by atoms with E-state index in [1.54, 1.807) is 7.05 Å². The second-order valence-corrected chi connectivity index (χ2v) is 3.70. The maximum absolute atomic E-state index is 13.6. The number of carbonyl (C=O) groups is 1. The molecule has 1 aromatic heterocycles. The molecule has 0 aliphatic carbocycles. The molecule has 1 aromatic carbocycles. The van der Waals surface area contributed by atoms with Crippen molar-refractivity contribution in [3.63, 3.8) is 0 Å². The van der Waals surface area contributed by atoms with E-state index in [1.807, 2.05) is 0 Å². The number of carboxylic acid groups (broad SMARTS) is 1. The van der Waals surface area contributed by atoms with Crippen LogP contribution in [0.1, 0.15) is 10.4 Å². The second kappa shape index (κ2) is 4.10. The molecule has 0 aliphatic heterocycles. The molecule has 0 amide bonds. The summed E-state index contributed by atoms with van der Waals surface area (Å²) in [6.07, 6.45) is 0. The highest BCUT2D eigenvalue weighted by Crippen LogP contribution is 2.26. The quantitative estimate of drug-likeness (QED) is 0.852. The normalized spacial score (nSPS) is 10.6. The van der Waals surface area contributed by atoms with Crippen molar-refractivity contribution in [2.75, 3.05) is 5.73 Å². The summed E-state index contributed by atoms with van der Waals surface area (Å²) in [5.74, 6) is -3.22. The van der Waals surface area contributed by atoms with Gasteiger partial charge in [-0.25, -0.2) is 13.6 Å². The Morgan fingerprint density at radius 3 is 2.50 bits per heavy atom. The van der Waals surface area contributed by atoms with Gasteiger partial charge in [-0.2, -0.15) is 5.10 Å². The fourth-order valence-electron chi connectivity index (χ4n) is 1.52. The average Bonchev–Trinajstić information content (AvgIpc) is 2.58. The highest BCUT2D eigenvalue weighted by Gasteiger charge is 2.18. The zero-order valence-corrected chi connectivity index (χ0v) is 9.32. The van der Waals surface area contributed by atoms with E-state index in [-0.39, 0.29) is 17.1 Å². The molecule has 0 unspecified atom stereocenters. The predicted octanol–water partition coefficient (Wildman–Crippen LogP) is 1.65. The standard InChI is InChI=1S/C11H9F2N3O2/c1-16-10(14)4-9(15-16)5-2-6(11(17)18)8(13)3-7(5)12/h2-4H,14H2,1H3,(H,17,18). The monoisotopic (exact) mass is 253 g/mol. The summed E-state index contributed by atoms with van der Waals surface area (Å²) < 4.78 is 28.1. The first-order valence-electron chi connectivity index (χ1n) is 4.92. The summed E-state index contributed by atoms with van der Waals surface area (Å²) in [5.41, 5.74) is 4.97. The zero-order chi connectivity index (χ0) is 13.4. The van der Waals surface area contributed by atoms with Crippen molar-refractivity contribution >= 4 is 11.8 Å². The van der Waals surface area contributed by atoms with Crippen LogP contribution in [0, 0.1) is 11.6 Å². The van der Waals surface area contributed by atoms with Crippen LogP contribution in [0.5, 0.6) is 0 Å². The molecule has 2 aromatic rings. The van der Waals surface area contributed by atoms with Crippen LogP contribution in [0.2, 0.25) is 0 Å². The van der Waals surface area contributed by atoms with Crippen molar-refractivity contribution in [1.29, 1.82) is 0 Å². The van der Waals surface area contributed by atoms with E-state index in [9.17, 15) is 13.6 Å². The third kappa shape index (κ3) is 1.90. The Morgan fingerprint density at radius 2 is 2.00 bits per heavy atom. The minimum atomic E-state index is -1.47. The molecule has 5 nitrogen and oxygen atoms in total. The van der Waals surface area contributed by atoms with E-state index in [1.165, 1.54) is 10.7 Å². The van der Waals surface area contributed by atoms with Crippen LogP contribution in [-0.2, 0) is 7.05 Å². The summed E-state index contributed by atoms with van der Waals surface area (Å²) in [6, 6.07) is 2.79. The lowest BCUT2D eigenvalue weighted by Crippen LogP contribution is -2.03. The van der Waals surface area contributed by atoms with Gasteiger partial charge in [0.1, 0.15) is 17.5 Å². The molecule has 0 saturated carbocycles. The molecule has 0 aliphatic rings. The second-order valence-electron chi connectivity index (χ2n) is 3.70. The Hall–Kier alpha value is -2.44. The van der Waals surface area contributed by atoms with E-state index < -0.39 is 23.2 Å². The molecule has 2 rings (SSSR count). The van der Waals surface area contributed by atoms with Crippen molar-refractivity contribution in [3.8, 4) is 11.3 Å². The number of hydrogen-bond acceptors (Lipinski definition) is 3. The molecule has 0 bridgehead atoms. The van der Waals surface area contributed by atoms with Gasteiger partial charge in [0.25, 0.3) is 0 Å². The topological polar surface area (TPSA) is 81.1 Å². The molecule has 0 spiro atoms. The van der Waals surface area contributed by atoms with Crippen LogP contribution in [0.3, 0.4) is 0 Å². The van der Waals surface area contributed by atoms with E-state index in [2.05, 4.69) is 5.10 Å². The Labute approximate surface area is 100 Å². The summed E-state index contributed by atoms with van der Waals surface area (Å²) in [7, 11) is 1.55. The Bertz CT molecular complexity index is 618. The minimum Gasteiger partial charge on any atom is -0.478 e. The number of anilines is 1. The third-order valence-electron chi connectivity index (χ3n) is 2.48. The lowest BCUT2D eigenvalue weighted by molar-refractivity contribution is 0.0692. The fraction of sp³-hybridized carbons (Fsp3) is 0.0909. The van der Waals surface area contributed by atoms with Crippen LogP contribution in [0.25, 0.3) is 11.3 Å². The van der Waals surface area contributed by atoms with Gasteiger partial charge in [0.15, 0.2) is 0 Å². The summed E-state index contributed by atoms with van der Waals surface area (Å²) in [6.45, 7) is 0. The number of hydrogen-bond donors (Lipinski definition) is 2. The number of nitrogens with two attached hydrogens (primary N) is 1. The largest absolute Gasteiger partial charge is 0.478 e. The molecule has 18 heavy (non-hydrogen) atoms. The van der Waals surface area contributed by atoms with Gasteiger partial charge in [-0.1, -0.05) is 0 Å². The lowest BCUT2D eigenvalue weighted by Gasteiger charge is -2.03. The first-order valence-corrected chi connectivity index (χ1v) is 4.92. The molecule has 7 heteroatoms. The number of nitrogen functional groups attached to an aromatic ring is 1. The molecule has 0 fully saturated rings. The smallest absolute Gasteiger partial charge is 0.338 e. The Morgan fingerprint density at radius 1 is 1.33 bits per heavy atom. The van der Waals surface area contributed by atoms with Gasteiger partial charge in [0.05, 0.1) is 11.3 Å². The molecule has 1 heterocycles. The molecule has 3 N–H and O–H groups in total. The first kappa shape index (κ1) is 12.0. The summed E-state index contributed by atoms with van der Waals surface area (Å²) >= 11 is 0. The van der Waals surface area contributed by atoms with Gasteiger partial charge < -0.3 is 10.8 Å². The number of aromatic nitrogens is 2. The van der Waals surface area contributed by atoms with Gasteiger partial charge in [-0.15, -0.1) is 0 Å². The van der Waals surface area contributed by atoms with Crippen molar-refractivity contribution in [2.45, 2.75) is 0 Å². The van der Waals surface area contributed by atoms with Crippen LogP contribution >= 0.6 is 0 Å². The maximum Gasteiger partial charge on any atom is 0.338 e. The maximum atomic E-state index is 13.6. The zero-order valence-electron chi connectivity index (χ0n) is 9.32. The van der Waals surface area contributed by atoms with Crippen LogP contribution in [0.15, 0.2) is 18.2 Å². The third-order valence-corrected chi connectivity index (χ3v) is 2.48. The van der Waals surface area contributed by atoms with E-state index in [4.69, 9.17) is 10.8 Å². The highest BCUT2D eigenvalue weighted by atomic mass is 19.1. The van der Waals surface area contributed by atoms with Gasteiger partial charge in [0.2, 0.25) is 0 Å². The minimum absolute atomic E-state index is 0.110. The predicted molar refractivity (Wildman–Crippen MR) is 59.9 cm³/mol. The van der Waals surface area contributed by atoms with E-state index >= 15 is 0 Å². The van der Waals surface area contributed by atoms with Gasteiger partial charge in [-0.05, 0) is 6.07 Å². The molecule has 94 valence electrons. The molecular formula is C11H9F2N3O2. The van der Waals surface area contributed by atoms with Crippen LogP contribution in [-0.4, -0.2) is 20.9 Å². The van der Waals surface area contributed by atoms with Gasteiger partial charge >= 0.3 is 5.97 Å². The van der Waals surface area contributed by atoms with Crippen molar-refractivity contribution < 1.29 is 18.7 Å². The van der Waals surface area contributed by atoms with Crippen molar-refractivity contribution in [2.24, 2.45) is 7.05 Å². The lowest BCUT2D eigenvalue weighted by atomic mass is 10.1. The van der Waals surface area contributed by atoms with Crippen molar-refractivity contribution in [3.05, 3.63) is 35.4 Å². The van der Waals surface area contributed by atoms with Crippen LogP contribution < -0.4 is 5.73 Å². The van der Waals surface area contributed by atoms with Gasteiger partial charge in [-0.3, -0.25) is 4.68 Å². The summed E-state index contributed by atoms with van der Waals surface area (Å²) in [5, 5.41) is 12.7. The molecular weight excluding hydrogens is 244 g/mol.